The summed E-state index contributed by atoms with van der Waals surface area (Å²) in [6.07, 6.45) is 2.75. The van der Waals surface area contributed by atoms with Crippen molar-refractivity contribution in [3.05, 3.63) is 57.3 Å². The first kappa shape index (κ1) is 15.9. The van der Waals surface area contributed by atoms with Crippen LogP contribution in [0, 0.1) is 5.92 Å². The van der Waals surface area contributed by atoms with Gasteiger partial charge in [-0.15, -0.1) is 0 Å². The monoisotopic (exact) mass is 325 g/mol. The molecule has 0 saturated heterocycles. The number of carboxylic acids is 1. The molecule has 0 bridgehead atoms. The second-order valence-corrected chi connectivity index (χ2v) is 6.33. The van der Waals surface area contributed by atoms with Crippen LogP contribution in [0.2, 0.25) is 10.0 Å². The number of aromatic carboxylic acids is 1. The van der Waals surface area contributed by atoms with Crippen LogP contribution < -0.4 is 0 Å². The second kappa shape index (κ2) is 6.54. The largest absolute Gasteiger partial charge is 0.477 e. The summed E-state index contributed by atoms with van der Waals surface area (Å²) in [5, 5.41) is 10.3. The molecule has 5 heteroatoms. The van der Waals surface area contributed by atoms with Gasteiger partial charge in [-0.3, -0.25) is 0 Å². The van der Waals surface area contributed by atoms with Gasteiger partial charge in [-0.05, 0) is 41.7 Å². The van der Waals surface area contributed by atoms with E-state index in [1.54, 1.807) is 22.8 Å². The van der Waals surface area contributed by atoms with Crippen LogP contribution in [0.15, 0.2) is 30.5 Å². The zero-order chi connectivity index (χ0) is 15.6. The van der Waals surface area contributed by atoms with Crippen molar-refractivity contribution in [2.45, 2.75) is 26.8 Å². The Kier molecular flexibility index (Phi) is 4.96. The Bertz CT molecular complexity index is 662. The summed E-state index contributed by atoms with van der Waals surface area (Å²) < 4.78 is 1.74. The molecule has 0 amide bonds. The van der Waals surface area contributed by atoms with E-state index in [0.29, 0.717) is 22.5 Å². The van der Waals surface area contributed by atoms with E-state index in [2.05, 4.69) is 13.8 Å². The maximum absolute atomic E-state index is 11.4. The number of benzene rings is 1. The van der Waals surface area contributed by atoms with Crippen LogP contribution in [-0.2, 0) is 13.0 Å². The number of hydrogen-bond acceptors (Lipinski definition) is 1. The minimum atomic E-state index is -0.926. The lowest BCUT2D eigenvalue weighted by atomic mass is 10.1. The quantitative estimate of drug-likeness (QED) is 0.862. The van der Waals surface area contributed by atoms with E-state index in [1.165, 1.54) is 0 Å². The molecule has 0 spiro atoms. The molecule has 1 heterocycles. The first-order chi connectivity index (χ1) is 9.86. The van der Waals surface area contributed by atoms with Gasteiger partial charge >= 0.3 is 5.97 Å². The van der Waals surface area contributed by atoms with Crippen molar-refractivity contribution >= 4 is 29.2 Å². The van der Waals surface area contributed by atoms with Crippen molar-refractivity contribution in [1.29, 1.82) is 0 Å². The average molecular weight is 326 g/mol. The van der Waals surface area contributed by atoms with Crippen LogP contribution in [0.4, 0.5) is 0 Å². The molecule has 1 aromatic heterocycles. The summed E-state index contributed by atoms with van der Waals surface area (Å²) in [4.78, 5) is 11.4. The van der Waals surface area contributed by atoms with E-state index in [9.17, 15) is 9.90 Å². The number of halogens is 2. The summed E-state index contributed by atoms with van der Waals surface area (Å²) >= 11 is 11.9. The first-order valence-electron chi connectivity index (χ1n) is 6.73. The summed E-state index contributed by atoms with van der Waals surface area (Å²) in [6.45, 7) is 4.67. The molecule has 0 fully saturated rings. The summed E-state index contributed by atoms with van der Waals surface area (Å²) in [5.41, 5.74) is 2.23. The van der Waals surface area contributed by atoms with Crippen molar-refractivity contribution < 1.29 is 9.90 Å². The van der Waals surface area contributed by atoms with Crippen LogP contribution in [0.3, 0.4) is 0 Å². The van der Waals surface area contributed by atoms with E-state index in [-0.39, 0.29) is 5.69 Å². The summed E-state index contributed by atoms with van der Waals surface area (Å²) in [7, 11) is 0. The van der Waals surface area contributed by atoms with Crippen LogP contribution in [0.5, 0.6) is 0 Å². The van der Waals surface area contributed by atoms with Crippen molar-refractivity contribution in [3.8, 4) is 0 Å². The smallest absolute Gasteiger partial charge is 0.352 e. The summed E-state index contributed by atoms with van der Waals surface area (Å²) in [6, 6.07) is 7.07. The van der Waals surface area contributed by atoms with Gasteiger partial charge in [0.15, 0.2) is 0 Å². The Hall–Kier alpha value is -1.45. The number of hydrogen-bond donors (Lipinski definition) is 1. The summed E-state index contributed by atoms with van der Waals surface area (Å²) in [5.74, 6) is -0.447. The van der Waals surface area contributed by atoms with E-state index < -0.39 is 5.97 Å². The molecule has 0 unspecified atom stereocenters. The van der Waals surface area contributed by atoms with Crippen LogP contribution in [-0.4, -0.2) is 15.6 Å². The molecular weight excluding hydrogens is 309 g/mol. The highest BCUT2D eigenvalue weighted by atomic mass is 35.5. The van der Waals surface area contributed by atoms with E-state index >= 15 is 0 Å². The zero-order valence-electron chi connectivity index (χ0n) is 11.9. The number of nitrogens with zero attached hydrogens (tertiary/aromatic N) is 1. The Balaban J connectivity index is 2.31. The SMILES string of the molecule is CC(C)Cc1cc(C(=O)O)n(Cc2ccc(Cl)c(Cl)c2)c1. The minimum absolute atomic E-state index is 0.289. The normalized spacial score (nSPS) is 11.1. The first-order valence-corrected chi connectivity index (χ1v) is 7.48. The Morgan fingerprint density at radius 2 is 1.90 bits per heavy atom. The van der Waals surface area contributed by atoms with Crippen molar-refractivity contribution in [1.82, 2.24) is 4.57 Å². The predicted molar refractivity (Wildman–Crippen MR) is 85.5 cm³/mol. The van der Waals surface area contributed by atoms with Gasteiger partial charge in [0.25, 0.3) is 0 Å². The molecule has 1 N–H and O–H groups in total. The maximum Gasteiger partial charge on any atom is 0.352 e. The third-order valence-corrected chi connectivity index (χ3v) is 3.89. The molecule has 112 valence electrons. The fourth-order valence-corrected chi connectivity index (χ4v) is 2.62. The van der Waals surface area contributed by atoms with Gasteiger partial charge in [0, 0.05) is 12.7 Å². The third-order valence-electron chi connectivity index (χ3n) is 3.15. The highest BCUT2D eigenvalue weighted by Crippen LogP contribution is 2.24. The number of aromatic nitrogens is 1. The van der Waals surface area contributed by atoms with Gasteiger partial charge in [-0.2, -0.15) is 0 Å². The Morgan fingerprint density at radius 3 is 2.48 bits per heavy atom. The third kappa shape index (κ3) is 4.02. The standard InChI is InChI=1S/C16H17Cl2NO2/c1-10(2)5-12-7-15(16(20)21)19(9-12)8-11-3-4-13(17)14(18)6-11/h3-4,6-7,9-10H,5,8H2,1-2H3,(H,20,21). The zero-order valence-corrected chi connectivity index (χ0v) is 13.4. The highest BCUT2D eigenvalue weighted by molar-refractivity contribution is 6.42. The van der Waals surface area contributed by atoms with Crippen LogP contribution in [0.1, 0.15) is 35.5 Å². The van der Waals surface area contributed by atoms with Gasteiger partial charge < -0.3 is 9.67 Å². The van der Waals surface area contributed by atoms with Gasteiger partial charge in [-0.1, -0.05) is 43.1 Å². The van der Waals surface area contributed by atoms with E-state index in [0.717, 1.165) is 17.5 Å². The lowest BCUT2D eigenvalue weighted by Crippen LogP contribution is -2.08. The van der Waals surface area contributed by atoms with Gasteiger partial charge in [0.2, 0.25) is 0 Å². The molecule has 0 atom stereocenters. The molecule has 21 heavy (non-hydrogen) atoms. The van der Waals surface area contributed by atoms with Gasteiger partial charge in [-0.25, -0.2) is 4.79 Å². The molecule has 2 aromatic rings. The highest BCUT2D eigenvalue weighted by Gasteiger charge is 2.14. The van der Waals surface area contributed by atoms with E-state index in [4.69, 9.17) is 23.2 Å². The molecule has 3 nitrogen and oxygen atoms in total. The lowest BCUT2D eigenvalue weighted by Gasteiger charge is -2.07. The molecule has 0 aliphatic heterocycles. The number of carbonyl (C=O) groups is 1. The number of carboxylic acid groups (broad SMARTS) is 1. The molecule has 2 rings (SSSR count). The molecule has 0 aliphatic rings. The molecular formula is C16H17Cl2NO2. The van der Waals surface area contributed by atoms with Crippen LogP contribution in [0.25, 0.3) is 0 Å². The predicted octanol–water partition coefficient (Wildman–Crippen LogP) is 4.74. The lowest BCUT2D eigenvalue weighted by molar-refractivity contribution is 0.0685. The molecule has 0 aliphatic carbocycles. The fourth-order valence-electron chi connectivity index (χ4n) is 2.30. The number of rotatable bonds is 5. The van der Waals surface area contributed by atoms with Crippen molar-refractivity contribution in [2.24, 2.45) is 5.92 Å². The van der Waals surface area contributed by atoms with Crippen molar-refractivity contribution in [3.63, 3.8) is 0 Å². The Labute approximate surface area is 134 Å². The molecule has 0 saturated carbocycles. The molecule has 1 aromatic carbocycles. The second-order valence-electron chi connectivity index (χ2n) is 5.51. The topological polar surface area (TPSA) is 42.2 Å². The van der Waals surface area contributed by atoms with Crippen LogP contribution >= 0.6 is 23.2 Å². The van der Waals surface area contributed by atoms with Gasteiger partial charge in [0.05, 0.1) is 10.0 Å². The fraction of sp³-hybridized carbons (Fsp3) is 0.312. The average Bonchev–Trinajstić information content (AvgIpc) is 2.76. The Morgan fingerprint density at radius 1 is 1.19 bits per heavy atom. The van der Waals surface area contributed by atoms with Gasteiger partial charge in [0.1, 0.15) is 5.69 Å². The maximum atomic E-state index is 11.4. The van der Waals surface area contributed by atoms with E-state index in [1.807, 2.05) is 12.3 Å². The minimum Gasteiger partial charge on any atom is -0.477 e. The van der Waals surface area contributed by atoms with Crippen molar-refractivity contribution in [2.75, 3.05) is 0 Å². The molecule has 0 radical (unpaired) electrons.